The Bertz CT molecular complexity index is 595. The van der Waals surface area contributed by atoms with E-state index in [2.05, 4.69) is 5.32 Å². The molecule has 0 saturated carbocycles. The number of sulfonamides is 1. The van der Waals surface area contributed by atoms with E-state index in [0.29, 0.717) is 12.0 Å². The number of carbonyl (C=O) groups excluding carboxylic acids is 2. The molecule has 98 valence electrons. The lowest BCUT2D eigenvalue weighted by molar-refractivity contribution is -0.134. The molecule has 2 amide bonds. The molecule has 1 rings (SSSR count). The molecule has 0 aromatic heterocycles. The summed E-state index contributed by atoms with van der Waals surface area (Å²) in [4.78, 5) is 21.7. The monoisotopic (exact) mass is 271 g/mol. The smallest absolute Gasteiger partial charge is 0.313 e. The lowest BCUT2D eigenvalue weighted by atomic mass is 10.1. The molecule has 0 heterocycles. The van der Waals surface area contributed by atoms with E-state index in [9.17, 15) is 18.0 Å². The standard InChI is InChI=1S/C10H13N3O4S/c1-2-6-4-3-5-7(18(12,16)17)8(6)13-10(15)9(11)14/h3-5H,2H2,1H3,(H2,11,14)(H,13,15)(H2,12,16,17). The van der Waals surface area contributed by atoms with Gasteiger partial charge < -0.3 is 11.1 Å². The molecule has 0 aliphatic rings. The highest BCUT2D eigenvalue weighted by Gasteiger charge is 2.20. The quantitative estimate of drug-likeness (QED) is 0.628. The van der Waals surface area contributed by atoms with Gasteiger partial charge in [-0.25, -0.2) is 13.6 Å². The first-order chi connectivity index (χ1) is 8.27. The van der Waals surface area contributed by atoms with Crippen molar-refractivity contribution in [3.8, 4) is 0 Å². The highest BCUT2D eigenvalue weighted by molar-refractivity contribution is 7.89. The zero-order valence-corrected chi connectivity index (χ0v) is 10.5. The number of nitrogens with two attached hydrogens (primary N) is 2. The predicted octanol–water partition coefficient (Wildman–Crippen LogP) is -0.680. The zero-order valence-electron chi connectivity index (χ0n) is 9.64. The van der Waals surface area contributed by atoms with Crippen LogP contribution in [0.5, 0.6) is 0 Å². The normalized spacial score (nSPS) is 11.0. The van der Waals surface area contributed by atoms with Gasteiger partial charge in [-0.2, -0.15) is 0 Å². The van der Waals surface area contributed by atoms with E-state index in [1.165, 1.54) is 12.1 Å². The van der Waals surface area contributed by atoms with Gasteiger partial charge in [0.25, 0.3) is 0 Å². The molecule has 5 N–H and O–H groups in total. The van der Waals surface area contributed by atoms with Crippen molar-refractivity contribution in [2.24, 2.45) is 10.9 Å². The Hall–Kier alpha value is -1.93. The molecule has 7 nitrogen and oxygen atoms in total. The van der Waals surface area contributed by atoms with E-state index >= 15 is 0 Å². The first-order valence-electron chi connectivity index (χ1n) is 5.02. The summed E-state index contributed by atoms with van der Waals surface area (Å²) in [6.45, 7) is 1.77. The predicted molar refractivity (Wildman–Crippen MR) is 65.0 cm³/mol. The molecule has 0 radical (unpaired) electrons. The van der Waals surface area contributed by atoms with Crippen LogP contribution in [0.3, 0.4) is 0 Å². The van der Waals surface area contributed by atoms with E-state index in [-0.39, 0.29) is 10.6 Å². The summed E-state index contributed by atoms with van der Waals surface area (Å²) in [5.41, 5.74) is 5.33. The van der Waals surface area contributed by atoms with Gasteiger partial charge in [0.2, 0.25) is 10.0 Å². The fourth-order valence-corrected chi connectivity index (χ4v) is 2.16. The maximum Gasteiger partial charge on any atom is 0.313 e. The van der Waals surface area contributed by atoms with Crippen LogP contribution in [0, 0.1) is 0 Å². The van der Waals surface area contributed by atoms with Crippen LogP contribution in [0.4, 0.5) is 5.69 Å². The number of nitrogens with one attached hydrogen (secondary N) is 1. The Kier molecular flexibility index (Phi) is 4.04. The van der Waals surface area contributed by atoms with Crippen LogP contribution in [0.2, 0.25) is 0 Å². The van der Waals surface area contributed by atoms with Crippen molar-refractivity contribution in [1.82, 2.24) is 0 Å². The minimum atomic E-state index is -4.00. The van der Waals surface area contributed by atoms with Crippen molar-refractivity contribution in [3.05, 3.63) is 23.8 Å². The van der Waals surface area contributed by atoms with Crippen molar-refractivity contribution in [2.75, 3.05) is 5.32 Å². The molecule has 1 aromatic rings. The summed E-state index contributed by atoms with van der Waals surface area (Å²) >= 11 is 0. The maximum atomic E-state index is 11.4. The Balaban J connectivity index is 3.38. The number of para-hydroxylation sites is 1. The average molecular weight is 271 g/mol. The SMILES string of the molecule is CCc1cccc(S(N)(=O)=O)c1NC(=O)C(N)=O. The van der Waals surface area contributed by atoms with Gasteiger partial charge >= 0.3 is 11.8 Å². The molecule has 0 spiro atoms. The molecule has 0 aliphatic heterocycles. The van der Waals surface area contributed by atoms with Crippen LogP contribution in [0.25, 0.3) is 0 Å². The topological polar surface area (TPSA) is 132 Å². The molecule has 8 heteroatoms. The number of hydrogen-bond acceptors (Lipinski definition) is 4. The highest BCUT2D eigenvalue weighted by atomic mass is 32.2. The van der Waals surface area contributed by atoms with Gasteiger partial charge in [0.15, 0.2) is 0 Å². The number of rotatable bonds is 3. The minimum Gasteiger partial charge on any atom is -0.361 e. The lowest BCUT2D eigenvalue weighted by Gasteiger charge is -2.12. The van der Waals surface area contributed by atoms with E-state index < -0.39 is 21.8 Å². The summed E-state index contributed by atoms with van der Waals surface area (Å²) < 4.78 is 22.8. The van der Waals surface area contributed by atoms with Crippen LogP contribution >= 0.6 is 0 Å². The molecule has 0 unspecified atom stereocenters. The number of primary amides is 1. The van der Waals surface area contributed by atoms with Gasteiger partial charge in [0, 0.05) is 0 Å². The van der Waals surface area contributed by atoms with Crippen LogP contribution in [-0.4, -0.2) is 20.2 Å². The molecule has 0 saturated heterocycles. The van der Waals surface area contributed by atoms with E-state index in [1.54, 1.807) is 13.0 Å². The third-order valence-corrected chi connectivity index (χ3v) is 3.22. The molecule has 0 aliphatic carbocycles. The minimum absolute atomic E-state index is 0.00806. The van der Waals surface area contributed by atoms with Crippen LogP contribution in [-0.2, 0) is 26.0 Å². The fourth-order valence-electron chi connectivity index (χ4n) is 1.43. The Morgan fingerprint density at radius 1 is 1.33 bits per heavy atom. The van der Waals surface area contributed by atoms with E-state index in [1.807, 2.05) is 0 Å². The highest BCUT2D eigenvalue weighted by Crippen LogP contribution is 2.25. The Morgan fingerprint density at radius 2 is 1.94 bits per heavy atom. The second-order valence-electron chi connectivity index (χ2n) is 3.51. The van der Waals surface area contributed by atoms with Crippen molar-refractivity contribution in [3.63, 3.8) is 0 Å². The summed E-state index contributed by atoms with van der Waals surface area (Å²) in [6, 6.07) is 4.36. The first kappa shape index (κ1) is 14.1. The lowest BCUT2D eigenvalue weighted by Crippen LogP contribution is -2.31. The van der Waals surface area contributed by atoms with Gasteiger partial charge in [-0.1, -0.05) is 19.1 Å². The molecule has 0 bridgehead atoms. The Morgan fingerprint density at radius 3 is 2.39 bits per heavy atom. The summed E-state index contributed by atoms with van der Waals surface area (Å²) in [6.07, 6.45) is 0.456. The average Bonchev–Trinajstić information content (AvgIpc) is 2.27. The molecule has 1 aromatic carbocycles. The fraction of sp³-hybridized carbons (Fsp3) is 0.200. The molecule has 18 heavy (non-hydrogen) atoms. The van der Waals surface area contributed by atoms with Crippen molar-refractivity contribution < 1.29 is 18.0 Å². The number of hydrogen-bond donors (Lipinski definition) is 3. The van der Waals surface area contributed by atoms with Crippen LogP contribution in [0.1, 0.15) is 12.5 Å². The number of carbonyl (C=O) groups is 2. The molecule has 0 fully saturated rings. The second-order valence-corrected chi connectivity index (χ2v) is 5.04. The third-order valence-electron chi connectivity index (χ3n) is 2.26. The van der Waals surface area contributed by atoms with Crippen molar-refractivity contribution >= 4 is 27.5 Å². The number of aryl methyl sites for hydroxylation is 1. The molecule has 0 atom stereocenters. The second kappa shape index (κ2) is 5.15. The van der Waals surface area contributed by atoms with Crippen molar-refractivity contribution in [2.45, 2.75) is 18.2 Å². The number of anilines is 1. The van der Waals surface area contributed by atoms with E-state index in [0.717, 1.165) is 0 Å². The number of benzene rings is 1. The van der Waals surface area contributed by atoms with Crippen LogP contribution in [0.15, 0.2) is 23.1 Å². The van der Waals surface area contributed by atoms with Crippen molar-refractivity contribution in [1.29, 1.82) is 0 Å². The maximum absolute atomic E-state index is 11.4. The number of amides is 2. The first-order valence-corrected chi connectivity index (χ1v) is 6.57. The third kappa shape index (κ3) is 3.05. The largest absolute Gasteiger partial charge is 0.361 e. The summed E-state index contributed by atoms with van der Waals surface area (Å²) in [5, 5.41) is 7.20. The molecular weight excluding hydrogens is 258 g/mol. The summed E-state index contributed by atoms with van der Waals surface area (Å²) in [7, 11) is -4.00. The Labute approximate surface area is 104 Å². The van der Waals surface area contributed by atoms with E-state index in [4.69, 9.17) is 10.9 Å². The zero-order chi connectivity index (χ0) is 13.9. The van der Waals surface area contributed by atoms with Gasteiger partial charge in [0.1, 0.15) is 4.90 Å². The van der Waals surface area contributed by atoms with Gasteiger partial charge in [-0.3, -0.25) is 9.59 Å². The van der Waals surface area contributed by atoms with Gasteiger partial charge in [0.05, 0.1) is 5.69 Å². The number of primary sulfonamides is 1. The van der Waals surface area contributed by atoms with Gasteiger partial charge in [-0.15, -0.1) is 0 Å². The van der Waals surface area contributed by atoms with Crippen LogP contribution < -0.4 is 16.2 Å². The van der Waals surface area contributed by atoms with Gasteiger partial charge in [-0.05, 0) is 18.1 Å². The molecular formula is C10H13N3O4S. The summed E-state index contributed by atoms with van der Waals surface area (Å²) in [5.74, 6) is -2.30.